The van der Waals surface area contributed by atoms with Gasteiger partial charge in [0.25, 0.3) is 0 Å². The van der Waals surface area contributed by atoms with Crippen molar-refractivity contribution in [2.45, 2.75) is 12.3 Å². The van der Waals surface area contributed by atoms with Crippen LogP contribution >= 0.6 is 0 Å². The lowest BCUT2D eigenvalue weighted by molar-refractivity contribution is -0.137. The molecule has 0 bridgehead atoms. The van der Waals surface area contributed by atoms with Crippen LogP contribution in [0.25, 0.3) is 0 Å². The van der Waals surface area contributed by atoms with Crippen LogP contribution < -0.4 is 0 Å². The molecule has 1 aromatic rings. The second-order valence-electron chi connectivity index (χ2n) is 2.29. The summed E-state index contributed by atoms with van der Waals surface area (Å²) in [6, 6.07) is 5.08. The standard InChI is InChI=1S/C8H7NO3/c9-5-6(4-8(10)11)7-2-1-3-12-7/h1-3,6H,4H2,(H,10,11). The van der Waals surface area contributed by atoms with E-state index < -0.39 is 11.9 Å². The summed E-state index contributed by atoms with van der Waals surface area (Å²) in [6.45, 7) is 0. The lowest BCUT2D eigenvalue weighted by Gasteiger charge is -1.99. The number of hydrogen-bond acceptors (Lipinski definition) is 3. The molecule has 0 aliphatic heterocycles. The molecule has 1 aromatic heterocycles. The molecule has 12 heavy (non-hydrogen) atoms. The number of carbonyl (C=O) groups is 1. The molecule has 4 nitrogen and oxygen atoms in total. The molecular formula is C8H7NO3. The van der Waals surface area contributed by atoms with E-state index in [4.69, 9.17) is 14.8 Å². The molecule has 0 saturated heterocycles. The lowest BCUT2D eigenvalue weighted by Crippen LogP contribution is -2.03. The van der Waals surface area contributed by atoms with E-state index in [2.05, 4.69) is 0 Å². The fourth-order valence-electron chi connectivity index (χ4n) is 0.874. The molecule has 0 aliphatic carbocycles. The predicted molar refractivity (Wildman–Crippen MR) is 39.3 cm³/mol. The number of nitriles is 1. The van der Waals surface area contributed by atoms with Crippen LogP contribution in [0.1, 0.15) is 18.1 Å². The van der Waals surface area contributed by atoms with E-state index in [1.54, 1.807) is 12.1 Å². The van der Waals surface area contributed by atoms with Gasteiger partial charge in [0.2, 0.25) is 0 Å². The van der Waals surface area contributed by atoms with Crippen LogP contribution in [0.3, 0.4) is 0 Å². The molecule has 0 aliphatic rings. The molecule has 4 heteroatoms. The molecule has 1 unspecified atom stereocenters. The van der Waals surface area contributed by atoms with E-state index in [0.29, 0.717) is 5.76 Å². The van der Waals surface area contributed by atoms with E-state index in [-0.39, 0.29) is 6.42 Å². The van der Waals surface area contributed by atoms with Crippen molar-refractivity contribution in [1.29, 1.82) is 5.26 Å². The SMILES string of the molecule is N#CC(CC(=O)O)c1ccco1. The van der Waals surface area contributed by atoms with E-state index in [1.165, 1.54) is 6.26 Å². The Kier molecular flexibility index (Phi) is 2.49. The fraction of sp³-hybridized carbons (Fsp3) is 0.250. The molecule has 1 rings (SSSR count). The monoisotopic (exact) mass is 165 g/mol. The Labute approximate surface area is 69.0 Å². The van der Waals surface area contributed by atoms with Crippen molar-refractivity contribution in [2.24, 2.45) is 0 Å². The Morgan fingerprint density at radius 3 is 3.00 bits per heavy atom. The molecule has 1 atom stereocenters. The maximum absolute atomic E-state index is 10.3. The minimum atomic E-state index is -1.00. The fourth-order valence-corrected chi connectivity index (χ4v) is 0.874. The number of aliphatic carboxylic acids is 1. The third kappa shape index (κ3) is 1.86. The summed E-state index contributed by atoms with van der Waals surface area (Å²) in [5.74, 6) is -1.28. The van der Waals surface area contributed by atoms with Crippen LogP contribution in [-0.2, 0) is 4.79 Å². The van der Waals surface area contributed by atoms with Gasteiger partial charge in [0.1, 0.15) is 11.7 Å². The Hall–Kier alpha value is -1.76. The first kappa shape index (κ1) is 8.34. The quantitative estimate of drug-likeness (QED) is 0.733. The number of hydrogen-bond donors (Lipinski definition) is 1. The van der Waals surface area contributed by atoms with Gasteiger partial charge in [-0.3, -0.25) is 4.79 Å². The molecule has 0 amide bonds. The van der Waals surface area contributed by atoms with Gasteiger partial charge in [0, 0.05) is 0 Å². The highest BCUT2D eigenvalue weighted by atomic mass is 16.4. The summed E-state index contributed by atoms with van der Waals surface area (Å²) in [4.78, 5) is 10.3. The Bertz CT molecular complexity index is 297. The van der Waals surface area contributed by atoms with Crippen molar-refractivity contribution in [1.82, 2.24) is 0 Å². The molecule has 0 spiro atoms. The molecule has 0 saturated carbocycles. The van der Waals surface area contributed by atoms with Crippen molar-refractivity contribution in [3.8, 4) is 6.07 Å². The van der Waals surface area contributed by atoms with E-state index in [1.807, 2.05) is 6.07 Å². The summed E-state index contributed by atoms with van der Waals surface area (Å²) in [5, 5.41) is 17.0. The topological polar surface area (TPSA) is 74.2 Å². The molecule has 62 valence electrons. The number of nitrogens with zero attached hydrogens (tertiary/aromatic N) is 1. The predicted octanol–water partition coefficient (Wildman–Crippen LogP) is 1.36. The van der Waals surface area contributed by atoms with Gasteiger partial charge >= 0.3 is 5.97 Å². The van der Waals surface area contributed by atoms with Crippen LogP contribution in [0.5, 0.6) is 0 Å². The summed E-state index contributed by atoms with van der Waals surface area (Å²) in [5.41, 5.74) is 0. The first-order chi connectivity index (χ1) is 5.74. The largest absolute Gasteiger partial charge is 0.481 e. The third-order valence-corrected chi connectivity index (χ3v) is 1.42. The van der Waals surface area contributed by atoms with Crippen LogP contribution in [0.15, 0.2) is 22.8 Å². The molecule has 0 fully saturated rings. The van der Waals surface area contributed by atoms with Gasteiger partial charge in [-0.25, -0.2) is 0 Å². The second-order valence-corrected chi connectivity index (χ2v) is 2.29. The van der Waals surface area contributed by atoms with Gasteiger partial charge in [-0.05, 0) is 12.1 Å². The highest BCUT2D eigenvalue weighted by Gasteiger charge is 2.16. The second kappa shape index (κ2) is 3.58. The normalized spacial score (nSPS) is 11.9. The number of furan rings is 1. The van der Waals surface area contributed by atoms with Crippen molar-refractivity contribution in [3.05, 3.63) is 24.2 Å². The zero-order valence-corrected chi connectivity index (χ0v) is 6.23. The molecule has 0 radical (unpaired) electrons. The van der Waals surface area contributed by atoms with Crippen molar-refractivity contribution < 1.29 is 14.3 Å². The molecule has 1 N–H and O–H groups in total. The van der Waals surface area contributed by atoms with Gasteiger partial charge in [-0.2, -0.15) is 5.26 Å². The van der Waals surface area contributed by atoms with Gasteiger partial charge in [-0.1, -0.05) is 0 Å². The van der Waals surface area contributed by atoms with Gasteiger partial charge in [0.05, 0.1) is 18.8 Å². The van der Waals surface area contributed by atoms with Crippen molar-refractivity contribution in [2.75, 3.05) is 0 Å². The first-order valence-corrected chi connectivity index (χ1v) is 3.39. The molecular weight excluding hydrogens is 158 g/mol. The lowest BCUT2D eigenvalue weighted by atomic mass is 10.1. The summed E-state index contributed by atoms with van der Waals surface area (Å²) in [7, 11) is 0. The van der Waals surface area contributed by atoms with E-state index in [9.17, 15) is 4.79 Å². The Balaban J connectivity index is 2.72. The highest BCUT2D eigenvalue weighted by Crippen LogP contribution is 2.18. The Morgan fingerprint density at radius 1 is 1.83 bits per heavy atom. The molecule has 1 heterocycles. The van der Waals surface area contributed by atoms with E-state index in [0.717, 1.165) is 0 Å². The van der Waals surface area contributed by atoms with Crippen LogP contribution in [0, 0.1) is 11.3 Å². The third-order valence-electron chi connectivity index (χ3n) is 1.42. The van der Waals surface area contributed by atoms with Crippen molar-refractivity contribution in [3.63, 3.8) is 0 Å². The zero-order chi connectivity index (χ0) is 8.97. The smallest absolute Gasteiger partial charge is 0.305 e. The first-order valence-electron chi connectivity index (χ1n) is 3.39. The van der Waals surface area contributed by atoms with Crippen LogP contribution in [-0.4, -0.2) is 11.1 Å². The minimum Gasteiger partial charge on any atom is -0.481 e. The van der Waals surface area contributed by atoms with Gasteiger partial charge in [-0.15, -0.1) is 0 Å². The zero-order valence-electron chi connectivity index (χ0n) is 6.23. The average Bonchev–Trinajstić information content (AvgIpc) is 2.51. The highest BCUT2D eigenvalue weighted by molar-refractivity contribution is 5.68. The molecule has 0 aromatic carbocycles. The summed E-state index contributed by atoms with van der Waals surface area (Å²) < 4.78 is 4.90. The average molecular weight is 165 g/mol. The minimum absolute atomic E-state index is 0.218. The van der Waals surface area contributed by atoms with Gasteiger partial charge < -0.3 is 9.52 Å². The maximum atomic E-state index is 10.3. The van der Waals surface area contributed by atoms with Gasteiger partial charge in [0.15, 0.2) is 0 Å². The van der Waals surface area contributed by atoms with Crippen molar-refractivity contribution >= 4 is 5.97 Å². The number of rotatable bonds is 3. The van der Waals surface area contributed by atoms with Crippen LogP contribution in [0.4, 0.5) is 0 Å². The number of carboxylic acids is 1. The maximum Gasteiger partial charge on any atom is 0.305 e. The Morgan fingerprint density at radius 2 is 2.58 bits per heavy atom. The number of carboxylic acid groups (broad SMARTS) is 1. The van der Waals surface area contributed by atoms with E-state index >= 15 is 0 Å². The summed E-state index contributed by atoms with van der Waals surface area (Å²) in [6.07, 6.45) is 1.20. The summed E-state index contributed by atoms with van der Waals surface area (Å²) >= 11 is 0. The van der Waals surface area contributed by atoms with Crippen LogP contribution in [0.2, 0.25) is 0 Å².